The van der Waals surface area contributed by atoms with E-state index in [9.17, 15) is 0 Å². The zero-order valence-electron chi connectivity index (χ0n) is 17.4. The van der Waals surface area contributed by atoms with Crippen LogP contribution >= 0.6 is 15.9 Å². The lowest BCUT2D eigenvalue weighted by Crippen LogP contribution is -2.41. The lowest BCUT2D eigenvalue weighted by molar-refractivity contribution is 0.00578. The highest BCUT2D eigenvalue weighted by atomic mass is 79.9. The summed E-state index contributed by atoms with van der Waals surface area (Å²) in [5, 5.41) is 0. The number of pyridine rings is 2. The highest BCUT2D eigenvalue weighted by Gasteiger charge is 2.51. The van der Waals surface area contributed by atoms with Gasteiger partial charge in [0.25, 0.3) is 0 Å². The fourth-order valence-electron chi connectivity index (χ4n) is 2.39. The van der Waals surface area contributed by atoms with Crippen molar-refractivity contribution in [3.63, 3.8) is 0 Å². The summed E-state index contributed by atoms with van der Waals surface area (Å²) in [6.45, 7) is 13.3. The van der Waals surface area contributed by atoms with Crippen LogP contribution in [-0.4, -0.2) is 41.5 Å². The van der Waals surface area contributed by atoms with Crippen molar-refractivity contribution in [3.8, 4) is 11.8 Å². The minimum Gasteiger partial charge on any atom is -0.478 e. The van der Waals surface area contributed by atoms with Gasteiger partial charge in [-0.15, -0.1) is 0 Å². The normalized spacial score (nSPS) is 16.9. The van der Waals surface area contributed by atoms with Crippen LogP contribution in [0.1, 0.15) is 41.5 Å². The van der Waals surface area contributed by atoms with E-state index in [4.69, 9.17) is 18.8 Å². The predicted octanol–water partition coefficient (Wildman–Crippen LogP) is 4.02. The summed E-state index contributed by atoms with van der Waals surface area (Å²) < 4.78 is 23.5. The Hall–Kier alpha value is -1.64. The van der Waals surface area contributed by atoms with Crippen molar-refractivity contribution in [3.05, 3.63) is 41.1 Å². The van der Waals surface area contributed by atoms with Gasteiger partial charge in [-0.05, 0) is 59.1 Å². The third-order valence-electron chi connectivity index (χ3n) is 4.57. The number of hydrogen-bond donors (Lipinski definition) is 0. The maximum atomic E-state index is 5.98. The molecule has 6 nitrogen and oxygen atoms in total. The Labute approximate surface area is 176 Å². The molecule has 0 unspecified atom stereocenters. The van der Waals surface area contributed by atoms with Crippen LogP contribution in [0.2, 0.25) is 0 Å². The molecule has 28 heavy (non-hydrogen) atoms. The fraction of sp³-hybridized carbons (Fsp3) is 0.500. The first kappa shape index (κ1) is 22.7. The predicted molar refractivity (Wildman–Crippen MR) is 114 cm³/mol. The largest absolute Gasteiger partial charge is 0.495 e. The van der Waals surface area contributed by atoms with Gasteiger partial charge in [-0.1, -0.05) is 15.9 Å². The molecule has 0 spiro atoms. The maximum absolute atomic E-state index is 5.98. The van der Waals surface area contributed by atoms with Gasteiger partial charge in [0.2, 0.25) is 11.8 Å². The van der Waals surface area contributed by atoms with Crippen LogP contribution in [0.5, 0.6) is 11.8 Å². The highest BCUT2D eigenvalue weighted by molar-refractivity contribution is 9.10. The zero-order valence-corrected chi connectivity index (χ0v) is 18.9. The van der Waals surface area contributed by atoms with Crippen molar-refractivity contribution in [2.24, 2.45) is 0 Å². The molecular formula is C20H28BBrN2O4. The first-order chi connectivity index (χ1) is 13.2. The molecule has 0 aromatic carbocycles. The second-order valence-electron chi connectivity index (χ2n) is 7.19. The molecule has 1 saturated heterocycles. The maximum Gasteiger partial charge on any atom is 0.495 e. The third kappa shape index (κ3) is 5.93. The van der Waals surface area contributed by atoms with E-state index < -0.39 is 0 Å². The zero-order chi connectivity index (χ0) is 20.8. The second kappa shape index (κ2) is 9.72. The van der Waals surface area contributed by atoms with Gasteiger partial charge < -0.3 is 18.8 Å². The van der Waals surface area contributed by atoms with E-state index in [0.29, 0.717) is 25.0 Å². The topological polar surface area (TPSA) is 62.7 Å². The van der Waals surface area contributed by atoms with E-state index in [1.807, 2.05) is 65.8 Å². The second-order valence-corrected chi connectivity index (χ2v) is 8.11. The van der Waals surface area contributed by atoms with Gasteiger partial charge in [0.1, 0.15) is 0 Å². The summed E-state index contributed by atoms with van der Waals surface area (Å²) in [4.78, 5) is 8.12. The molecule has 3 heterocycles. The molecule has 152 valence electrons. The van der Waals surface area contributed by atoms with Crippen molar-refractivity contribution >= 4 is 28.5 Å². The van der Waals surface area contributed by atoms with Gasteiger partial charge in [-0.2, -0.15) is 0 Å². The lowest BCUT2D eigenvalue weighted by atomic mass is 9.80. The number of ether oxygens (including phenoxy) is 2. The van der Waals surface area contributed by atoms with Crippen molar-refractivity contribution in [1.29, 1.82) is 0 Å². The van der Waals surface area contributed by atoms with Crippen molar-refractivity contribution in [2.45, 2.75) is 52.7 Å². The monoisotopic (exact) mass is 450 g/mol. The van der Waals surface area contributed by atoms with Crippen molar-refractivity contribution < 1.29 is 18.8 Å². The average Bonchev–Trinajstić information content (AvgIpc) is 2.84. The summed E-state index contributed by atoms with van der Waals surface area (Å²) in [5.74, 6) is 1.27. The number of hydrogen-bond acceptors (Lipinski definition) is 6. The minimum atomic E-state index is -0.364. The van der Waals surface area contributed by atoms with E-state index in [-0.39, 0.29) is 18.3 Å². The minimum absolute atomic E-state index is 0.327. The number of nitrogens with zero attached hydrogens (tertiary/aromatic N) is 2. The van der Waals surface area contributed by atoms with Gasteiger partial charge in [-0.3, -0.25) is 0 Å². The Morgan fingerprint density at radius 3 is 1.89 bits per heavy atom. The van der Waals surface area contributed by atoms with E-state index in [1.54, 1.807) is 12.4 Å². The smallest absolute Gasteiger partial charge is 0.478 e. The van der Waals surface area contributed by atoms with Gasteiger partial charge in [0.05, 0.1) is 24.4 Å². The molecule has 1 aliphatic rings. The number of halogens is 1. The van der Waals surface area contributed by atoms with E-state index >= 15 is 0 Å². The molecule has 0 radical (unpaired) electrons. The van der Waals surface area contributed by atoms with Crippen LogP contribution in [0.3, 0.4) is 0 Å². The molecule has 1 fully saturated rings. The van der Waals surface area contributed by atoms with Crippen molar-refractivity contribution in [1.82, 2.24) is 9.97 Å². The molecule has 0 N–H and O–H groups in total. The summed E-state index contributed by atoms with van der Waals surface area (Å²) in [6, 6.07) is 7.46. The van der Waals surface area contributed by atoms with Gasteiger partial charge >= 0.3 is 7.12 Å². The molecule has 3 rings (SSSR count). The molecule has 0 bridgehead atoms. The molecule has 0 aliphatic carbocycles. The Kier molecular flexibility index (Phi) is 7.86. The molecule has 0 saturated carbocycles. The number of rotatable bonds is 5. The quantitative estimate of drug-likeness (QED) is 0.641. The van der Waals surface area contributed by atoms with Crippen molar-refractivity contribution in [2.75, 3.05) is 13.2 Å². The summed E-state index contributed by atoms with van der Waals surface area (Å²) >= 11 is 3.31. The molecule has 1 aliphatic heterocycles. The van der Waals surface area contributed by atoms with Crippen LogP contribution in [0.15, 0.2) is 41.1 Å². The average molecular weight is 451 g/mol. The highest BCUT2D eigenvalue weighted by Crippen LogP contribution is 2.36. The Balaban J connectivity index is 0.000000237. The standard InChI is InChI=1S/C13H20BNO3.C7H8BrNO/c1-6-16-11-9-10(7-8-15-11)14-17-12(2,3)13(4,5)18-14;1-2-10-7-5-6(8)3-4-9-7/h7-9H,6H2,1-5H3;3-5H,2H2,1H3. The SMILES string of the molecule is CCOc1cc(B2OC(C)(C)C(C)(C)O2)ccn1.CCOc1cc(Br)ccn1. The Bertz CT molecular complexity index is 757. The van der Waals surface area contributed by atoms with Crippen LogP contribution in [0.25, 0.3) is 0 Å². The van der Waals surface area contributed by atoms with E-state index in [0.717, 1.165) is 9.94 Å². The van der Waals surface area contributed by atoms with E-state index in [2.05, 4.69) is 25.9 Å². The molecular weight excluding hydrogens is 423 g/mol. The Morgan fingerprint density at radius 2 is 1.39 bits per heavy atom. The van der Waals surface area contributed by atoms with E-state index in [1.165, 1.54) is 0 Å². The van der Waals surface area contributed by atoms with Gasteiger partial charge in [0.15, 0.2) is 0 Å². The summed E-state index contributed by atoms with van der Waals surface area (Å²) in [5.41, 5.74) is 0.284. The third-order valence-corrected chi connectivity index (χ3v) is 5.06. The molecule has 0 atom stereocenters. The summed E-state index contributed by atoms with van der Waals surface area (Å²) in [7, 11) is -0.364. The van der Waals surface area contributed by atoms with Crippen LogP contribution < -0.4 is 14.9 Å². The molecule has 2 aromatic heterocycles. The van der Waals surface area contributed by atoms with Crippen LogP contribution in [0, 0.1) is 0 Å². The molecule has 2 aromatic rings. The summed E-state index contributed by atoms with van der Waals surface area (Å²) in [6.07, 6.45) is 3.42. The first-order valence-corrected chi connectivity index (χ1v) is 10.2. The fourth-order valence-corrected chi connectivity index (χ4v) is 2.70. The molecule has 8 heteroatoms. The van der Waals surface area contributed by atoms with Gasteiger partial charge in [-0.25, -0.2) is 9.97 Å². The molecule has 0 amide bonds. The van der Waals surface area contributed by atoms with Crippen LogP contribution in [-0.2, 0) is 9.31 Å². The number of aromatic nitrogens is 2. The lowest BCUT2D eigenvalue weighted by Gasteiger charge is -2.32. The van der Waals surface area contributed by atoms with Gasteiger partial charge in [0, 0.05) is 29.0 Å². The first-order valence-electron chi connectivity index (χ1n) is 9.37. The Morgan fingerprint density at radius 1 is 0.893 bits per heavy atom. The van der Waals surface area contributed by atoms with Crippen LogP contribution in [0.4, 0.5) is 0 Å².